The Bertz CT molecular complexity index is 683. The maximum absolute atomic E-state index is 13.3. The molecule has 1 aromatic carbocycles. The molecule has 0 bridgehead atoms. The Morgan fingerprint density at radius 1 is 1.29 bits per heavy atom. The van der Waals surface area contributed by atoms with Gasteiger partial charge in [0.1, 0.15) is 5.82 Å². The molecule has 2 heterocycles. The van der Waals surface area contributed by atoms with Crippen LogP contribution >= 0.6 is 0 Å². The number of ketones is 1. The van der Waals surface area contributed by atoms with Crippen LogP contribution in [0.25, 0.3) is 0 Å². The number of carbonyl (C=O) groups excluding carboxylic acids is 3. The van der Waals surface area contributed by atoms with E-state index in [0.717, 1.165) is 6.07 Å². The molecule has 0 atom stereocenters. The maximum Gasteiger partial charge on any atom is 0.309 e. The Kier molecular flexibility index (Phi) is 4.62. The van der Waals surface area contributed by atoms with Gasteiger partial charge in [0.25, 0.3) is 5.78 Å². The van der Waals surface area contributed by atoms with E-state index in [-0.39, 0.29) is 24.1 Å². The van der Waals surface area contributed by atoms with Crippen LogP contribution in [0.3, 0.4) is 0 Å². The highest BCUT2D eigenvalue weighted by Crippen LogP contribution is 2.30. The molecule has 2 aliphatic rings. The number of amides is 1. The number of nitrogens with zero attached hydrogens (tertiary/aromatic N) is 2. The van der Waals surface area contributed by atoms with Crippen LogP contribution in [-0.4, -0.2) is 48.9 Å². The normalized spacial score (nSPS) is 18.8. The number of rotatable bonds is 4. The van der Waals surface area contributed by atoms with Crippen molar-refractivity contribution in [1.82, 2.24) is 4.90 Å². The predicted molar refractivity (Wildman–Crippen MR) is 84.0 cm³/mol. The number of piperidine rings is 1. The van der Waals surface area contributed by atoms with Crippen molar-refractivity contribution in [2.24, 2.45) is 5.92 Å². The SMILES string of the molecule is CCOC(=O)C1CCN(CN2C(=O)C(=O)c3cc(F)ccc32)CC1. The van der Waals surface area contributed by atoms with Crippen LogP contribution in [0.15, 0.2) is 18.2 Å². The van der Waals surface area contributed by atoms with Gasteiger partial charge in [-0.1, -0.05) is 0 Å². The topological polar surface area (TPSA) is 66.9 Å². The number of carbonyl (C=O) groups is 3. The van der Waals surface area contributed by atoms with Gasteiger partial charge in [0.05, 0.1) is 30.4 Å². The van der Waals surface area contributed by atoms with E-state index in [9.17, 15) is 18.8 Å². The average molecular weight is 334 g/mol. The molecular formula is C17H19FN2O4. The molecule has 7 heteroatoms. The zero-order valence-corrected chi connectivity index (χ0v) is 13.5. The Morgan fingerprint density at radius 2 is 2.00 bits per heavy atom. The minimum Gasteiger partial charge on any atom is -0.466 e. The summed E-state index contributed by atoms with van der Waals surface area (Å²) in [5.74, 6) is -2.13. The fourth-order valence-corrected chi connectivity index (χ4v) is 3.18. The van der Waals surface area contributed by atoms with Crippen molar-refractivity contribution in [3.63, 3.8) is 0 Å². The first-order chi connectivity index (χ1) is 11.5. The number of hydrogen-bond acceptors (Lipinski definition) is 5. The number of Topliss-reactive ketones (excluding diaryl/α,β-unsaturated/α-hetero) is 1. The number of benzene rings is 1. The van der Waals surface area contributed by atoms with E-state index in [1.54, 1.807) is 6.92 Å². The van der Waals surface area contributed by atoms with E-state index >= 15 is 0 Å². The molecule has 1 amide bonds. The van der Waals surface area contributed by atoms with Crippen molar-refractivity contribution < 1.29 is 23.5 Å². The fraction of sp³-hybridized carbons (Fsp3) is 0.471. The second-order valence-electron chi connectivity index (χ2n) is 6.01. The smallest absolute Gasteiger partial charge is 0.309 e. The van der Waals surface area contributed by atoms with Crippen LogP contribution in [-0.2, 0) is 14.3 Å². The largest absolute Gasteiger partial charge is 0.466 e. The third-order valence-electron chi connectivity index (χ3n) is 4.48. The van der Waals surface area contributed by atoms with Gasteiger partial charge >= 0.3 is 11.9 Å². The van der Waals surface area contributed by atoms with E-state index < -0.39 is 17.5 Å². The Balaban J connectivity index is 1.65. The summed E-state index contributed by atoms with van der Waals surface area (Å²) >= 11 is 0. The molecule has 1 fully saturated rings. The standard InChI is InChI=1S/C17H19FN2O4/c1-2-24-17(23)11-5-7-19(8-6-11)10-20-14-4-3-12(18)9-13(14)15(21)16(20)22/h3-4,9,11H,2,5-8,10H2,1H3. The lowest BCUT2D eigenvalue weighted by atomic mass is 9.97. The summed E-state index contributed by atoms with van der Waals surface area (Å²) < 4.78 is 18.3. The van der Waals surface area contributed by atoms with Crippen molar-refractivity contribution in [1.29, 1.82) is 0 Å². The number of likely N-dealkylation sites (tertiary alicyclic amines) is 1. The molecule has 1 saturated heterocycles. The lowest BCUT2D eigenvalue weighted by molar-refractivity contribution is -0.149. The van der Waals surface area contributed by atoms with Crippen LogP contribution in [0.1, 0.15) is 30.1 Å². The van der Waals surface area contributed by atoms with Crippen molar-refractivity contribution in [3.8, 4) is 0 Å². The third-order valence-corrected chi connectivity index (χ3v) is 4.48. The molecular weight excluding hydrogens is 315 g/mol. The number of halogens is 1. The lowest BCUT2D eigenvalue weighted by Gasteiger charge is -2.33. The molecule has 0 radical (unpaired) electrons. The molecule has 0 N–H and O–H groups in total. The molecule has 0 unspecified atom stereocenters. The summed E-state index contributed by atoms with van der Waals surface area (Å²) in [6.07, 6.45) is 1.32. The summed E-state index contributed by atoms with van der Waals surface area (Å²) in [7, 11) is 0. The first-order valence-corrected chi connectivity index (χ1v) is 8.06. The van der Waals surface area contributed by atoms with Gasteiger partial charge in [0, 0.05) is 13.1 Å². The molecule has 0 aliphatic carbocycles. The van der Waals surface area contributed by atoms with Gasteiger partial charge in [-0.15, -0.1) is 0 Å². The molecule has 0 aromatic heterocycles. The van der Waals surface area contributed by atoms with E-state index in [1.807, 2.05) is 4.90 Å². The predicted octanol–water partition coefficient (Wildman–Crippen LogP) is 1.59. The van der Waals surface area contributed by atoms with Crippen LogP contribution < -0.4 is 4.90 Å². The molecule has 1 aromatic rings. The molecule has 3 rings (SSSR count). The van der Waals surface area contributed by atoms with Gasteiger partial charge in [-0.3, -0.25) is 24.2 Å². The van der Waals surface area contributed by atoms with Crippen LogP contribution in [0.5, 0.6) is 0 Å². The van der Waals surface area contributed by atoms with Gasteiger partial charge in [-0.2, -0.15) is 0 Å². The van der Waals surface area contributed by atoms with Crippen LogP contribution in [0.4, 0.5) is 10.1 Å². The Labute approximate surface area is 139 Å². The van der Waals surface area contributed by atoms with Gasteiger partial charge in [0.2, 0.25) is 0 Å². The van der Waals surface area contributed by atoms with E-state index in [2.05, 4.69) is 0 Å². The number of hydrogen-bond donors (Lipinski definition) is 0. The summed E-state index contributed by atoms with van der Waals surface area (Å²) in [6, 6.07) is 3.80. The molecule has 0 saturated carbocycles. The van der Waals surface area contributed by atoms with E-state index in [4.69, 9.17) is 4.74 Å². The number of anilines is 1. The zero-order chi connectivity index (χ0) is 17.3. The van der Waals surface area contributed by atoms with Crippen molar-refractivity contribution in [3.05, 3.63) is 29.6 Å². The van der Waals surface area contributed by atoms with E-state index in [1.165, 1.54) is 17.0 Å². The second kappa shape index (κ2) is 6.68. The molecule has 0 spiro atoms. The minimum atomic E-state index is -0.675. The van der Waals surface area contributed by atoms with Crippen molar-refractivity contribution >= 4 is 23.3 Å². The Hall–Kier alpha value is -2.28. The maximum atomic E-state index is 13.3. The first kappa shape index (κ1) is 16.6. The van der Waals surface area contributed by atoms with Crippen LogP contribution in [0.2, 0.25) is 0 Å². The number of ether oxygens (including phenoxy) is 1. The summed E-state index contributed by atoms with van der Waals surface area (Å²) in [4.78, 5) is 39.3. The van der Waals surface area contributed by atoms with Gasteiger partial charge < -0.3 is 4.74 Å². The molecule has 6 nitrogen and oxygen atoms in total. The lowest BCUT2D eigenvalue weighted by Crippen LogP contribution is -2.45. The quantitative estimate of drug-likeness (QED) is 0.618. The van der Waals surface area contributed by atoms with Crippen molar-refractivity contribution in [2.75, 3.05) is 31.3 Å². The highest BCUT2D eigenvalue weighted by Gasteiger charge is 2.37. The molecule has 2 aliphatic heterocycles. The average Bonchev–Trinajstić information content (AvgIpc) is 2.80. The summed E-state index contributed by atoms with van der Waals surface area (Å²) in [5.41, 5.74) is 0.556. The molecule has 24 heavy (non-hydrogen) atoms. The van der Waals surface area contributed by atoms with Gasteiger partial charge in [0.15, 0.2) is 0 Å². The third kappa shape index (κ3) is 3.03. The summed E-state index contributed by atoms with van der Waals surface area (Å²) in [5, 5.41) is 0. The van der Waals surface area contributed by atoms with Crippen LogP contribution in [0, 0.1) is 11.7 Å². The number of fused-ring (bicyclic) bond motifs is 1. The minimum absolute atomic E-state index is 0.112. The summed E-state index contributed by atoms with van der Waals surface area (Å²) in [6.45, 7) is 3.69. The second-order valence-corrected chi connectivity index (χ2v) is 6.01. The highest BCUT2D eigenvalue weighted by atomic mass is 19.1. The molecule has 128 valence electrons. The Morgan fingerprint density at radius 3 is 2.67 bits per heavy atom. The zero-order valence-electron chi connectivity index (χ0n) is 13.5. The number of esters is 1. The van der Waals surface area contributed by atoms with Crippen molar-refractivity contribution in [2.45, 2.75) is 19.8 Å². The van der Waals surface area contributed by atoms with E-state index in [0.29, 0.717) is 38.2 Å². The van der Waals surface area contributed by atoms with Gasteiger partial charge in [-0.25, -0.2) is 4.39 Å². The first-order valence-electron chi connectivity index (χ1n) is 8.06. The van der Waals surface area contributed by atoms with Gasteiger partial charge in [-0.05, 0) is 38.0 Å². The highest BCUT2D eigenvalue weighted by molar-refractivity contribution is 6.52. The fourth-order valence-electron chi connectivity index (χ4n) is 3.18. The monoisotopic (exact) mass is 334 g/mol.